The largest absolute Gasteiger partial charge is 0.480 e. The average Bonchev–Trinajstić information content (AvgIpc) is 3.03. The monoisotopic (exact) mass is 338 g/mol. The lowest BCUT2D eigenvalue weighted by molar-refractivity contribution is -0.146. The Balaban J connectivity index is 2.10. The van der Waals surface area contributed by atoms with E-state index in [0.29, 0.717) is 11.3 Å². The second-order valence-corrected chi connectivity index (χ2v) is 6.06. The molecule has 0 radical (unpaired) electrons. The maximum Gasteiger partial charge on any atom is 0.331 e. The molecule has 1 saturated heterocycles. The lowest BCUT2D eigenvalue weighted by Gasteiger charge is -2.23. The summed E-state index contributed by atoms with van der Waals surface area (Å²) in [7, 11) is 0. The first-order valence-electron chi connectivity index (χ1n) is 7.16. The van der Waals surface area contributed by atoms with Crippen LogP contribution in [-0.2, 0) is 14.3 Å². The van der Waals surface area contributed by atoms with Gasteiger partial charge in [-0.15, -0.1) is 11.8 Å². The van der Waals surface area contributed by atoms with Crippen molar-refractivity contribution >= 4 is 29.6 Å². The molecular formula is C15H18N2O5S. The number of carboxylic acids is 1. The van der Waals surface area contributed by atoms with Crippen molar-refractivity contribution in [2.45, 2.75) is 24.4 Å². The maximum absolute atomic E-state index is 12.3. The summed E-state index contributed by atoms with van der Waals surface area (Å²) < 4.78 is 4.99. The van der Waals surface area contributed by atoms with Crippen LogP contribution in [0.25, 0.3) is 0 Å². The molecule has 1 amide bonds. The number of carboxylic acid groups (broad SMARTS) is 1. The van der Waals surface area contributed by atoms with Gasteiger partial charge in [-0.2, -0.15) is 0 Å². The second-order valence-electron chi connectivity index (χ2n) is 4.88. The Morgan fingerprint density at radius 1 is 1.39 bits per heavy atom. The number of rotatable bonds is 6. The zero-order valence-corrected chi connectivity index (χ0v) is 13.3. The fourth-order valence-electron chi connectivity index (χ4n) is 2.13. The van der Waals surface area contributed by atoms with Gasteiger partial charge in [0.15, 0.2) is 6.04 Å². The standard InChI is InChI=1S/C15H18N2O5S/c1-2-22-15(21)11(13-16-10(8-23-13)14(19)20)17-12(18)9-6-4-3-5-7-9/h3-7,10-11,13,16H,2,8H2,1H3,(H,17,18)(H,19,20)/t10-,11-,13-/m0/s1. The van der Waals surface area contributed by atoms with Gasteiger partial charge in [0.2, 0.25) is 0 Å². The fourth-order valence-corrected chi connectivity index (χ4v) is 3.40. The summed E-state index contributed by atoms with van der Waals surface area (Å²) in [6.07, 6.45) is 0. The van der Waals surface area contributed by atoms with E-state index in [1.807, 2.05) is 0 Å². The van der Waals surface area contributed by atoms with Gasteiger partial charge in [0.05, 0.1) is 12.0 Å². The van der Waals surface area contributed by atoms with Crippen molar-refractivity contribution in [2.75, 3.05) is 12.4 Å². The van der Waals surface area contributed by atoms with Crippen molar-refractivity contribution < 1.29 is 24.2 Å². The predicted octanol–water partition coefficient (Wildman–Crippen LogP) is 0.464. The highest BCUT2D eigenvalue weighted by molar-refractivity contribution is 8.00. The third kappa shape index (κ3) is 4.46. The van der Waals surface area contributed by atoms with Gasteiger partial charge in [-0.3, -0.25) is 14.9 Å². The maximum atomic E-state index is 12.3. The molecule has 3 N–H and O–H groups in total. The number of thioether (sulfide) groups is 1. The molecule has 1 aliphatic heterocycles. The van der Waals surface area contributed by atoms with Crippen LogP contribution in [0.2, 0.25) is 0 Å². The molecule has 1 aromatic rings. The fraction of sp³-hybridized carbons (Fsp3) is 0.400. The Kier molecular flexibility index (Phi) is 6.00. The van der Waals surface area contributed by atoms with Crippen molar-refractivity contribution in [3.05, 3.63) is 35.9 Å². The highest BCUT2D eigenvalue weighted by Crippen LogP contribution is 2.23. The highest BCUT2D eigenvalue weighted by atomic mass is 32.2. The van der Waals surface area contributed by atoms with Crippen LogP contribution in [-0.4, -0.2) is 52.8 Å². The van der Waals surface area contributed by atoms with E-state index in [-0.39, 0.29) is 6.61 Å². The molecule has 2 rings (SSSR count). The number of carbonyl (C=O) groups excluding carboxylic acids is 2. The summed E-state index contributed by atoms with van der Waals surface area (Å²) in [6.45, 7) is 1.85. The molecule has 0 spiro atoms. The molecule has 8 heteroatoms. The second kappa shape index (κ2) is 7.98. The van der Waals surface area contributed by atoms with E-state index in [1.54, 1.807) is 37.3 Å². The molecular weight excluding hydrogens is 320 g/mol. The lowest BCUT2D eigenvalue weighted by atomic mass is 10.2. The normalized spacial score (nSPS) is 21.4. The molecule has 7 nitrogen and oxygen atoms in total. The van der Waals surface area contributed by atoms with Crippen molar-refractivity contribution in [2.24, 2.45) is 0 Å². The van der Waals surface area contributed by atoms with Gasteiger partial charge in [0, 0.05) is 11.3 Å². The van der Waals surface area contributed by atoms with E-state index in [4.69, 9.17) is 9.84 Å². The molecule has 0 aromatic heterocycles. The number of nitrogens with one attached hydrogen (secondary N) is 2. The van der Waals surface area contributed by atoms with Crippen molar-refractivity contribution in [1.29, 1.82) is 0 Å². The van der Waals surface area contributed by atoms with Crippen LogP contribution in [0, 0.1) is 0 Å². The summed E-state index contributed by atoms with van der Waals surface area (Å²) >= 11 is 1.27. The Labute approximate surface area is 137 Å². The van der Waals surface area contributed by atoms with E-state index in [0.717, 1.165) is 0 Å². The highest BCUT2D eigenvalue weighted by Gasteiger charge is 2.39. The van der Waals surface area contributed by atoms with E-state index in [1.165, 1.54) is 11.8 Å². The van der Waals surface area contributed by atoms with Gasteiger partial charge in [-0.25, -0.2) is 4.79 Å². The van der Waals surface area contributed by atoms with Gasteiger partial charge in [-0.1, -0.05) is 18.2 Å². The SMILES string of the molecule is CCOC(=O)[C@@H](NC(=O)c1ccccc1)[C@H]1N[C@H](C(=O)O)CS1. The summed E-state index contributed by atoms with van der Waals surface area (Å²) in [6, 6.07) is 6.77. The topological polar surface area (TPSA) is 105 Å². The number of hydrogen-bond donors (Lipinski definition) is 3. The molecule has 1 heterocycles. The first-order chi connectivity index (χ1) is 11.0. The molecule has 0 saturated carbocycles. The first kappa shape index (κ1) is 17.3. The van der Waals surface area contributed by atoms with Gasteiger partial charge >= 0.3 is 11.9 Å². The van der Waals surface area contributed by atoms with E-state index >= 15 is 0 Å². The predicted molar refractivity (Wildman–Crippen MR) is 85.1 cm³/mol. The average molecular weight is 338 g/mol. The van der Waals surface area contributed by atoms with Crippen LogP contribution in [0.15, 0.2) is 30.3 Å². The van der Waals surface area contributed by atoms with E-state index in [2.05, 4.69) is 10.6 Å². The van der Waals surface area contributed by atoms with Crippen molar-refractivity contribution in [1.82, 2.24) is 10.6 Å². The molecule has 0 aliphatic carbocycles. The zero-order chi connectivity index (χ0) is 16.8. The Hall–Kier alpha value is -2.06. The number of esters is 1. The van der Waals surface area contributed by atoms with Gasteiger partial charge in [0.25, 0.3) is 5.91 Å². The number of aliphatic carboxylic acids is 1. The Morgan fingerprint density at radius 2 is 2.09 bits per heavy atom. The number of hydrogen-bond acceptors (Lipinski definition) is 6. The third-order valence-corrected chi connectivity index (χ3v) is 4.56. The number of amides is 1. The quantitative estimate of drug-likeness (QED) is 0.647. The molecule has 0 bridgehead atoms. The van der Waals surface area contributed by atoms with Crippen LogP contribution in [0.4, 0.5) is 0 Å². The van der Waals surface area contributed by atoms with E-state index in [9.17, 15) is 14.4 Å². The van der Waals surface area contributed by atoms with Crippen molar-refractivity contribution in [3.63, 3.8) is 0 Å². The molecule has 0 unspecified atom stereocenters. The first-order valence-corrected chi connectivity index (χ1v) is 8.20. The Morgan fingerprint density at radius 3 is 2.65 bits per heavy atom. The third-order valence-electron chi connectivity index (χ3n) is 3.27. The van der Waals surface area contributed by atoms with Crippen LogP contribution in [0.5, 0.6) is 0 Å². The summed E-state index contributed by atoms with van der Waals surface area (Å²) in [4.78, 5) is 35.4. The molecule has 3 atom stereocenters. The number of carbonyl (C=O) groups is 3. The molecule has 23 heavy (non-hydrogen) atoms. The number of ether oxygens (including phenoxy) is 1. The minimum atomic E-state index is -0.989. The summed E-state index contributed by atoms with van der Waals surface area (Å²) in [5, 5.41) is 13.9. The minimum Gasteiger partial charge on any atom is -0.480 e. The van der Waals surface area contributed by atoms with Crippen LogP contribution in [0.3, 0.4) is 0 Å². The minimum absolute atomic E-state index is 0.177. The van der Waals surface area contributed by atoms with Crippen LogP contribution >= 0.6 is 11.8 Å². The zero-order valence-electron chi connectivity index (χ0n) is 12.5. The van der Waals surface area contributed by atoms with Gasteiger partial charge in [0.1, 0.15) is 6.04 Å². The lowest BCUT2D eigenvalue weighted by Crippen LogP contribution is -2.53. The summed E-state index contributed by atoms with van der Waals surface area (Å²) in [5.41, 5.74) is 0.416. The molecule has 124 valence electrons. The molecule has 1 aliphatic rings. The smallest absolute Gasteiger partial charge is 0.331 e. The van der Waals surface area contributed by atoms with E-state index < -0.39 is 35.3 Å². The summed E-state index contributed by atoms with van der Waals surface area (Å²) in [5.74, 6) is -1.67. The molecule has 1 aromatic carbocycles. The van der Waals surface area contributed by atoms with Gasteiger partial charge < -0.3 is 15.2 Å². The van der Waals surface area contributed by atoms with Crippen LogP contribution in [0.1, 0.15) is 17.3 Å². The van der Waals surface area contributed by atoms with Crippen molar-refractivity contribution in [3.8, 4) is 0 Å². The van der Waals surface area contributed by atoms with Gasteiger partial charge in [-0.05, 0) is 19.1 Å². The van der Waals surface area contributed by atoms with Crippen LogP contribution < -0.4 is 10.6 Å². The Bertz CT molecular complexity index is 580. The number of benzene rings is 1. The molecule has 1 fully saturated rings.